The van der Waals surface area contributed by atoms with Crippen molar-refractivity contribution in [1.82, 2.24) is 30.4 Å². The van der Waals surface area contributed by atoms with E-state index in [1.54, 1.807) is 49.4 Å². The van der Waals surface area contributed by atoms with Gasteiger partial charge in [0.1, 0.15) is 17.7 Å². The second-order valence-corrected chi connectivity index (χ2v) is 7.54. The molecule has 1 aliphatic heterocycles. The average molecular weight is 440 g/mol. The van der Waals surface area contributed by atoms with Crippen LogP contribution in [0.25, 0.3) is 5.69 Å². The van der Waals surface area contributed by atoms with Crippen molar-refractivity contribution in [1.29, 1.82) is 0 Å². The van der Waals surface area contributed by atoms with Crippen LogP contribution in [-0.2, 0) is 21.7 Å². The van der Waals surface area contributed by atoms with Crippen LogP contribution in [0, 0.1) is 5.82 Å². The summed E-state index contributed by atoms with van der Waals surface area (Å²) in [6.45, 7) is 1.12. The number of nitrogens with zero attached hydrogens (tertiary/aromatic N) is 5. The molecule has 2 heterocycles. The number of carbonyl (C=O) groups excluding carboxylic acids is 2. The van der Waals surface area contributed by atoms with Crippen molar-refractivity contribution in [3.8, 4) is 5.69 Å². The molecule has 0 saturated carbocycles. The zero-order valence-electron chi connectivity index (χ0n) is 17.2. The summed E-state index contributed by atoms with van der Waals surface area (Å²) >= 11 is 0. The minimum absolute atomic E-state index is 0.0362. The summed E-state index contributed by atoms with van der Waals surface area (Å²) in [5.74, 6) is -0.916. The Morgan fingerprint density at radius 1 is 1.22 bits per heavy atom. The number of tetrazole rings is 1. The van der Waals surface area contributed by atoms with Gasteiger partial charge in [-0.2, -0.15) is 0 Å². The number of amides is 3. The van der Waals surface area contributed by atoms with Gasteiger partial charge in [0, 0.05) is 5.56 Å². The molecule has 0 bridgehead atoms. The molecular weight excluding hydrogens is 419 g/mol. The Labute approximate surface area is 182 Å². The third-order valence-corrected chi connectivity index (χ3v) is 5.23. The summed E-state index contributed by atoms with van der Waals surface area (Å²) in [5.41, 5.74) is 0.187. The Bertz CT molecular complexity index is 1120. The maximum atomic E-state index is 13.6. The fourth-order valence-corrected chi connectivity index (χ4v) is 3.48. The van der Waals surface area contributed by atoms with Crippen molar-refractivity contribution in [2.45, 2.75) is 25.2 Å². The number of β-amino-alcohol motifs (C(OH)–C–C–N with tert-alkyl or cyclic N) is 1. The van der Waals surface area contributed by atoms with E-state index in [1.807, 2.05) is 0 Å². The lowest BCUT2D eigenvalue weighted by molar-refractivity contribution is -0.132. The number of hydrogen-bond acceptors (Lipinski definition) is 7. The van der Waals surface area contributed by atoms with Crippen LogP contribution < -0.4 is 5.32 Å². The van der Waals surface area contributed by atoms with Gasteiger partial charge in [-0.15, -0.1) is 5.10 Å². The highest BCUT2D eigenvalue weighted by Crippen LogP contribution is 2.30. The zero-order valence-corrected chi connectivity index (χ0v) is 17.2. The first-order valence-electron chi connectivity index (χ1n) is 9.85. The molecule has 1 saturated heterocycles. The minimum atomic E-state index is -1.32. The predicted octanol–water partition coefficient (Wildman–Crippen LogP) is 1.15. The molecule has 32 heavy (non-hydrogen) atoms. The maximum absolute atomic E-state index is 13.6. The van der Waals surface area contributed by atoms with Crippen LogP contribution in [0.1, 0.15) is 18.1 Å². The maximum Gasteiger partial charge on any atom is 0.325 e. The normalized spacial score (nSPS) is 19.3. The number of imide groups is 1. The molecule has 0 aliphatic carbocycles. The van der Waals surface area contributed by atoms with Crippen LogP contribution in [0.5, 0.6) is 0 Å². The Hall–Kier alpha value is -3.70. The van der Waals surface area contributed by atoms with Crippen LogP contribution in [0.2, 0.25) is 0 Å². The van der Waals surface area contributed by atoms with E-state index in [-0.39, 0.29) is 19.8 Å². The number of nitrogens with one attached hydrogen (secondary N) is 1. The Morgan fingerprint density at radius 2 is 2.03 bits per heavy atom. The van der Waals surface area contributed by atoms with E-state index in [0.717, 1.165) is 4.90 Å². The van der Waals surface area contributed by atoms with Crippen molar-refractivity contribution in [3.05, 3.63) is 71.8 Å². The molecule has 2 aromatic carbocycles. The van der Waals surface area contributed by atoms with Crippen molar-refractivity contribution in [3.63, 3.8) is 0 Å². The molecule has 0 spiro atoms. The fraction of sp³-hybridized carbons (Fsp3) is 0.286. The molecule has 1 aromatic heterocycles. The number of rotatable bonds is 8. The van der Waals surface area contributed by atoms with E-state index in [9.17, 15) is 19.1 Å². The fourth-order valence-electron chi connectivity index (χ4n) is 3.48. The molecule has 11 heteroatoms. The highest BCUT2D eigenvalue weighted by Gasteiger charge is 2.49. The van der Waals surface area contributed by atoms with Crippen LogP contribution in [-0.4, -0.2) is 61.4 Å². The van der Waals surface area contributed by atoms with E-state index >= 15 is 0 Å². The summed E-state index contributed by atoms with van der Waals surface area (Å²) in [5, 5.41) is 24.0. The van der Waals surface area contributed by atoms with Crippen LogP contribution in [0.15, 0.2) is 54.9 Å². The number of hydrogen-bond donors (Lipinski definition) is 2. The summed E-state index contributed by atoms with van der Waals surface area (Å²) in [7, 11) is 0. The molecule has 10 nitrogen and oxygen atoms in total. The van der Waals surface area contributed by atoms with Crippen LogP contribution >= 0.6 is 0 Å². The van der Waals surface area contributed by atoms with Gasteiger partial charge in [-0.05, 0) is 41.1 Å². The first-order chi connectivity index (χ1) is 15.4. The highest BCUT2D eigenvalue weighted by atomic mass is 19.1. The van der Waals surface area contributed by atoms with Gasteiger partial charge in [-0.3, -0.25) is 9.69 Å². The molecule has 3 amide bonds. The molecular formula is C21H21FN6O4. The van der Waals surface area contributed by atoms with Gasteiger partial charge >= 0.3 is 6.03 Å². The van der Waals surface area contributed by atoms with Crippen LogP contribution in [0.3, 0.4) is 0 Å². The average Bonchev–Trinajstić information content (AvgIpc) is 3.39. The van der Waals surface area contributed by atoms with E-state index in [2.05, 4.69) is 20.8 Å². The first-order valence-corrected chi connectivity index (χ1v) is 9.85. The smallest absolute Gasteiger partial charge is 0.325 e. The molecule has 3 aromatic rings. The number of carbonyl (C=O) groups is 2. The first kappa shape index (κ1) is 21.5. The van der Waals surface area contributed by atoms with Crippen molar-refractivity contribution >= 4 is 11.9 Å². The van der Waals surface area contributed by atoms with Gasteiger partial charge in [-0.25, -0.2) is 13.9 Å². The number of halogens is 1. The number of ether oxygens (including phenoxy) is 1. The van der Waals surface area contributed by atoms with E-state index in [0.29, 0.717) is 16.8 Å². The van der Waals surface area contributed by atoms with Gasteiger partial charge < -0.3 is 15.2 Å². The molecule has 0 radical (unpaired) electrons. The largest absolute Gasteiger partial charge is 0.389 e. The monoisotopic (exact) mass is 440 g/mol. The Morgan fingerprint density at radius 3 is 2.78 bits per heavy atom. The van der Waals surface area contributed by atoms with E-state index in [1.165, 1.54) is 17.1 Å². The summed E-state index contributed by atoms with van der Waals surface area (Å²) in [6.07, 6.45) is 0.284. The van der Waals surface area contributed by atoms with Crippen molar-refractivity contribution in [2.75, 3.05) is 13.2 Å². The quantitative estimate of drug-likeness (QED) is 0.504. The molecule has 2 atom stereocenters. The molecule has 2 N–H and O–H groups in total. The lowest BCUT2D eigenvalue weighted by Crippen LogP contribution is -2.42. The molecule has 2 unspecified atom stereocenters. The molecule has 1 aliphatic rings. The van der Waals surface area contributed by atoms with Crippen molar-refractivity contribution in [2.24, 2.45) is 0 Å². The van der Waals surface area contributed by atoms with E-state index in [4.69, 9.17) is 4.74 Å². The van der Waals surface area contributed by atoms with Crippen molar-refractivity contribution < 1.29 is 23.8 Å². The zero-order chi connectivity index (χ0) is 22.7. The summed E-state index contributed by atoms with van der Waals surface area (Å²) in [6, 6.07) is 12.4. The second kappa shape index (κ2) is 8.81. The molecule has 4 rings (SSSR count). The van der Waals surface area contributed by atoms with Gasteiger partial charge in [0.2, 0.25) is 0 Å². The summed E-state index contributed by atoms with van der Waals surface area (Å²) < 4.78 is 20.4. The number of aliphatic hydroxyl groups excluding tert-OH is 1. The number of aliphatic hydroxyl groups is 1. The molecule has 1 fully saturated rings. The topological polar surface area (TPSA) is 122 Å². The SMILES string of the molecule is CC1(c2cccc(-n3cnnn3)c2)NC(=O)N(CC(O)COCc2ccccc2F)C1=O. The van der Waals surface area contributed by atoms with Gasteiger partial charge in [0.15, 0.2) is 0 Å². The number of aromatic nitrogens is 4. The lowest BCUT2D eigenvalue weighted by atomic mass is 9.91. The third kappa shape index (κ3) is 4.20. The van der Waals surface area contributed by atoms with Gasteiger partial charge in [0.05, 0.1) is 31.5 Å². The number of benzene rings is 2. The van der Waals surface area contributed by atoms with E-state index < -0.39 is 29.4 Å². The Balaban J connectivity index is 1.41. The lowest BCUT2D eigenvalue weighted by Gasteiger charge is -2.23. The summed E-state index contributed by atoms with van der Waals surface area (Å²) in [4.78, 5) is 26.6. The van der Waals surface area contributed by atoms with Gasteiger partial charge in [0.25, 0.3) is 5.91 Å². The Kier molecular flexibility index (Phi) is 5.93. The number of urea groups is 1. The minimum Gasteiger partial charge on any atom is -0.389 e. The third-order valence-electron chi connectivity index (χ3n) is 5.23. The molecule has 166 valence electrons. The second-order valence-electron chi connectivity index (χ2n) is 7.54. The highest BCUT2D eigenvalue weighted by molar-refractivity contribution is 6.07. The van der Waals surface area contributed by atoms with Gasteiger partial charge in [-0.1, -0.05) is 30.3 Å². The predicted molar refractivity (Wildman–Crippen MR) is 109 cm³/mol. The standard InChI is InChI=1S/C21H21FN6O4/c1-21(15-6-4-7-16(9-15)28-13-23-25-26-28)19(30)27(20(31)24-21)10-17(29)12-32-11-14-5-2-3-8-18(14)22/h2-9,13,17,29H,10-12H2,1H3,(H,24,31). The van der Waals surface area contributed by atoms with Crippen LogP contribution in [0.4, 0.5) is 9.18 Å².